The first-order valence-corrected chi connectivity index (χ1v) is 12.3. The van der Waals surface area contributed by atoms with Gasteiger partial charge in [0.05, 0.1) is 16.3 Å². The lowest BCUT2D eigenvalue weighted by Crippen LogP contribution is -2.36. The van der Waals surface area contributed by atoms with Crippen LogP contribution in [0, 0.1) is 0 Å². The predicted molar refractivity (Wildman–Crippen MR) is 93.6 cm³/mol. The van der Waals surface area contributed by atoms with Crippen molar-refractivity contribution in [1.82, 2.24) is 0 Å². The van der Waals surface area contributed by atoms with E-state index in [1.54, 1.807) is 29.6 Å². The van der Waals surface area contributed by atoms with Crippen LogP contribution in [-0.2, 0) is 4.43 Å². The summed E-state index contributed by atoms with van der Waals surface area (Å²) in [7, 11) is -1.59. The highest BCUT2D eigenvalue weighted by molar-refractivity contribution is 8.17. The minimum atomic E-state index is -1.59. The van der Waals surface area contributed by atoms with Crippen LogP contribution in [0.25, 0.3) is 0 Å². The van der Waals surface area contributed by atoms with Gasteiger partial charge in [0.2, 0.25) is 0 Å². The molecule has 0 amide bonds. The largest absolute Gasteiger partial charge is 0.411 e. The van der Waals surface area contributed by atoms with Crippen molar-refractivity contribution in [3.8, 4) is 0 Å². The summed E-state index contributed by atoms with van der Waals surface area (Å²) < 4.78 is 6.08. The van der Waals surface area contributed by atoms with Crippen molar-refractivity contribution < 1.29 is 9.53 Å². The van der Waals surface area contributed by atoms with E-state index in [0.29, 0.717) is 6.42 Å². The Morgan fingerprint density at radius 3 is 2.00 bits per heavy atom. The minimum absolute atomic E-state index is 0.0450. The van der Waals surface area contributed by atoms with E-state index in [4.69, 9.17) is 4.43 Å². The normalized spacial score (nSPS) is 15.9. The van der Waals surface area contributed by atoms with E-state index in [-0.39, 0.29) is 10.2 Å². The van der Waals surface area contributed by atoms with Crippen LogP contribution < -0.4 is 0 Å². The maximum absolute atomic E-state index is 9.87. The molecule has 0 heterocycles. The summed E-state index contributed by atoms with van der Waals surface area (Å²) >= 11 is 3.55. The lowest BCUT2D eigenvalue weighted by molar-refractivity contribution is 0.186. The molecule has 0 rings (SSSR count). The fourth-order valence-electron chi connectivity index (χ4n) is 1.84. The number of aliphatic hydroxyl groups excluding tert-OH is 1. The molecule has 5 heteroatoms. The Morgan fingerprint density at radius 2 is 1.68 bits per heavy atom. The fourth-order valence-corrected chi connectivity index (χ4v) is 4.93. The monoisotopic (exact) mass is 320 g/mol. The highest BCUT2D eigenvalue weighted by atomic mass is 32.2. The van der Waals surface area contributed by atoms with Gasteiger partial charge >= 0.3 is 0 Å². The molecule has 0 radical (unpaired) electrons. The van der Waals surface area contributed by atoms with Gasteiger partial charge in [-0.25, -0.2) is 0 Å². The standard InChI is InChI=1S/C14H28O2S2Si/c1-8-12(15)10-14(17-3,18-4)11-13(9-2)16-19(5,6)7/h8-9,12-13,15H,1-2,10-11H2,3-7H3. The number of rotatable bonds is 10. The van der Waals surface area contributed by atoms with E-state index in [1.165, 1.54) is 0 Å². The number of hydrogen-bond acceptors (Lipinski definition) is 4. The number of thioether (sulfide) groups is 2. The fraction of sp³-hybridized carbons (Fsp3) is 0.714. The SMILES string of the molecule is C=CC(O)CC(CC(C=C)O[Si](C)(C)C)(SC)SC. The molecule has 0 spiro atoms. The van der Waals surface area contributed by atoms with E-state index < -0.39 is 14.4 Å². The molecule has 2 unspecified atom stereocenters. The molecule has 2 nitrogen and oxygen atoms in total. The van der Waals surface area contributed by atoms with Gasteiger partial charge in [0.15, 0.2) is 8.32 Å². The first kappa shape index (κ1) is 19.3. The third kappa shape index (κ3) is 7.61. The molecular formula is C14H28O2S2Si. The molecule has 0 bridgehead atoms. The summed E-state index contributed by atoms with van der Waals surface area (Å²) in [6.07, 6.45) is 8.76. The first-order valence-electron chi connectivity index (χ1n) is 6.43. The molecule has 0 aromatic rings. The smallest absolute Gasteiger partial charge is 0.184 e. The molecule has 0 saturated heterocycles. The van der Waals surface area contributed by atoms with Crippen molar-refractivity contribution in [2.75, 3.05) is 12.5 Å². The molecule has 0 fully saturated rings. The summed E-state index contributed by atoms with van der Waals surface area (Å²) in [5.74, 6) is 0. The zero-order valence-electron chi connectivity index (χ0n) is 12.8. The zero-order valence-corrected chi connectivity index (χ0v) is 15.4. The molecule has 2 atom stereocenters. The van der Waals surface area contributed by atoms with Crippen LogP contribution in [0.1, 0.15) is 12.8 Å². The summed E-state index contributed by atoms with van der Waals surface area (Å²) in [5, 5.41) is 9.87. The van der Waals surface area contributed by atoms with Gasteiger partial charge in [-0.1, -0.05) is 12.2 Å². The lowest BCUT2D eigenvalue weighted by atomic mass is 10.1. The van der Waals surface area contributed by atoms with Crippen molar-refractivity contribution in [3.05, 3.63) is 25.3 Å². The van der Waals surface area contributed by atoms with E-state index in [9.17, 15) is 5.11 Å². The molecule has 0 saturated carbocycles. The van der Waals surface area contributed by atoms with Gasteiger partial charge in [-0.3, -0.25) is 0 Å². The average molecular weight is 321 g/mol. The van der Waals surface area contributed by atoms with E-state index in [1.807, 2.05) is 6.08 Å². The van der Waals surface area contributed by atoms with Gasteiger partial charge in [0, 0.05) is 6.42 Å². The maximum Gasteiger partial charge on any atom is 0.184 e. The molecule has 0 aromatic carbocycles. The second kappa shape index (κ2) is 8.57. The maximum atomic E-state index is 9.87. The molecule has 0 aliphatic rings. The molecule has 1 N–H and O–H groups in total. The molecule has 19 heavy (non-hydrogen) atoms. The molecule has 0 aromatic heterocycles. The summed E-state index contributed by atoms with van der Waals surface area (Å²) in [6.45, 7) is 14.1. The van der Waals surface area contributed by atoms with Gasteiger partial charge in [0.1, 0.15) is 0 Å². The van der Waals surface area contributed by atoms with Crippen LogP contribution in [0.2, 0.25) is 19.6 Å². The Morgan fingerprint density at radius 1 is 1.16 bits per heavy atom. The Labute approximate surface area is 128 Å². The van der Waals surface area contributed by atoms with Crippen LogP contribution >= 0.6 is 23.5 Å². The second-order valence-corrected chi connectivity index (χ2v) is 12.6. The topological polar surface area (TPSA) is 29.5 Å². The van der Waals surface area contributed by atoms with Crippen molar-refractivity contribution in [2.24, 2.45) is 0 Å². The summed E-state index contributed by atoms with van der Waals surface area (Å²) in [4.78, 5) is 0. The lowest BCUT2D eigenvalue weighted by Gasteiger charge is -2.36. The van der Waals surface area contributed by atoms with Crippen LogP contribution in [0.15, 0.2) is 25.3 Å². The van der Waals surface area contributed by atoms with Crippen LogP contribution in [0.5, 0.6) is 0 Å². The Balaban J connectivity index is 4.87. The van der Waals surface area contributed by atoms with Crippen molar-refractivity contribution in [3.63, 3.8) is 0 Å². The van der Waals surface area contributed by atoms with Crippen LogP contribution in [0.3, 0.4) is 0 Å². The summed E-state index contributed by atoms with van der Waals surface area (Å²) in [5.41, 5.74) is 0. The van der Waals surface area contributed by atoms with E-state index >= 15 is 0 Å². The molecular weight excluding hydrogens is 292 g/mol. The Hall–Kier alpha value is 0.317. The Kier molecular flexibility index (Phi) is 8.71. The highest BCUT2D eigenvalue weighted by Gasteiger charge is 2.34. The number of hydrogen-bond donors (Lipinski definition) is 1. The van der Waals surface area contributed by atoms with Crippen molar-refractivity contribution in [1.29, 1.82) is 0 Å². The summed E-state index contributed by atoms with van der Waals surface area (Å²) in [6, 6.07) is 0. The van der Waals surface area contributed by atoms with Gasteiger partial charge in [-0.15, -0.1) is 36.7 Å². The van der Waals surface area contributed by atoms with Gasteiger partial charge in [0.25, 0.3) is 0 Å². The molecule has 0 aliphatic heterocycles. The van der Waals surface area contributed by atoms with Crippen molar-refractivity contribution in [2.45, 2.75) is 48.8 Å². The van der Waals surface area contributed by atoms with Gasteiger partial charge in [-0.2, -0.15) is 0 Å². The van der Waals surface area contributed by atoms with Crippen LogP contribution in [0.4, 0.5) is 0 Å². The average Bonchev–Trinajstić information content (AvgIpc) is 2.35. The second-order valence-electron chi connectivity index (χ2n) is 5.53. The molecule has 0 aliphatic carbocycles. The van der Waals surface area contributed by atoms with Crippen LogP contribution in [-0.4, -0.2) is 42.2 Å². The minimum Gasteiger partial charge on any atom is -0.411 e. The van der Waals surface area contributed by atoms with E-state index in [0.717, 1.165) is 6.42 Å². The quantitative estimate of drug-likeness (QED) is 0.372. The first-order chi connectivity index (χ1) is 8.71. The van der Waals surface area contributed by atoms with Gasteiger partial charge in [-0.05, 0) is 38.6 Å². The highest BCUT2D eigenvalue weighted by Crippen LogP contribution is 2.43. The molecule has 112 valence electrons. The number of aliphatic hydroxyl groups is 1. The Bertz CT molecular complexity index is 286. The third-order valence-electron chi connectivity index (χ3n) is 2.82. The van der Waals surface area contributed by atoms with Crippen molar-refractivity contribution >= 4 is 31.8 Å². The van der Waals surface area contributed by atoms with E-state index in [2.05, 4.69) is 45.3 Å². The zero-order chi connectivity index (χ0) is 15.1. The predicted octanol–water partition coefficient (Wildman–Crippen LogP) is 4.14. The third-order valence-corrected chi connectivity index (χ3v) is 6.98. The van der Waals surface area contributed by atoms with Gasteiger partial charge < -0.3 is 9.53 Å².